The van der Waals surface area contributed by atoms with E-state index in [2.05, 4.69) is 5.32 Å². The van der Waals surface area contributed by atoms with Gasteiger partial charge < -0.3 is 14.2 Å². The highest BCUT2D eigenvalue weighted by Gasteiger charge is 2.13. The molecule has 124 valence electrons. The summed E-state index contributed by atoms with van der Waals surface area (Å²) < 4.78 is 10.8. The minimum atomic E-state index is -0.440. The molecule has 0 aliphatic carbocycles. The fourth-order valence-electron chi connectivity index (χ4n) is 2.84. The van der Waals surface area contributed by atoms with Crippen LogP contribution in [-0.2, 0) is 6.54 Å². The molecule has 0 aliphatic rings. The Morgan fingerprint density at radius 2 is 1.84 bits per heavy atom. The molecule has 5 nitrogen and oxygen atoms in total. The molecule has 0 atom stereocenters. The van der Waals surface area contributed by atoms with Gasteiger partial charge in [0.25, 0.3) is 5.91 Å². The predicted octanol–water partition coefficient (Wildman–Crippen LogP) is 3.78. The molecule has 0 fully saturated rings. The zero-order valence-electron chi connectivity index (χ0n) is 13.5. The van der Waals surface area contributed by atoms with Gasteiger partial charge in [-0.05, 0) is 36.8 Å². The smallest absolute Gasteiger partial charge is 0.336 e. The number of rotatable bonds is 3. The first-order chi connectivity index (χ1) is 12.1. The Morgan fingerprint density at radius 1 is 1.00 bits per heavy atom. The largest absolute Gasteiger partial charge is 0.451 e. The maximum absolute atomic E-state index is 12.4. The summed E-state index contributed by atoms with van der Waals surface area (Å²) in [4.78, 5) is 24.1. The van der Waals surface area contributed by atoms with E-state index in [4.69, 9.17) is 8.83 Å². The molecule has 1 N–H and O–H groups in total. The molecule has 4 aromatic rings. The lowest BCUT2D eigenvalue weighted by molar-refractivity contribution is 0.0925. The van der Waals surface area contributed by atoms with E-state index in [1.165, 1.54) is 6.07 Å². The number of nitrogens with one attached hydrogen (secondary N) is 1. The number of benzene rings is 2. The first kappa shape index (κ1) is 15.2. The molecule has 0 spiro atoms. The first-order valence-electron chi connectivity index (χ1n) is 7.90. The molecule has 1 amide bonds. The van der Waals surface area contributed by atoms with Crippen LogP contribution >= 0.6 is 0 Å². The van der Waals surface area contributed by atoms with Crippen molar-refractivity contribution in [2.45, 2.75) is 13.5 Å². The van der Waals surface area contributed by atoms with Gasteiger partial charge in [-0.15, -0.1) is 0 Å². The van der Waals surface area contributed by atoms with Gasteiger partial charge in [-0.1, -0.05) is 29.8 Å². The quantitative estimate of drug-likeness (QED) is 0.579. The van der Waals surface area contributed by atoms with Gasteiger partial charge in [0.05, 0.1) is 0 Å². The van der Waals surface area contributed by atoms with Crippen LogP contribution < -0.4 is 10.9 Å². The average molecular weight is 333 g/mol. The van der Waals surface area contributed by atoms with E-state index in [-0.39, 0.29) is 18.2 Å². The van der Waals surface area contributed by atoms with Crippen molar-refractivity contribution in [3.05, 3.63) is 81.9 Å². The highest BCUT2D eigenvalue weighted by Crippen LogP contribution is 2.20. The van der Waals surface area contributed by atoms with E-state index in [0.29, 0.717) is 16.7 Å². The molecule has 5 heteroatoms. The Balaban J connectivity index is 1.62. The van der Waals surface area contributed by atoms with E-state index in [1.807, 2.05) is 43.3 Å². The number of fused-ring (bicyclic) bond motifs is 2. The molecule has 0 aliphatic heterocycles. The summed E-state index contributed by atoms with van der Waals surface area (Å²) in [6.45, 7) is 2.17. The van der Waals surface area contributed by atoms with Gasteiger partial charge in [-0.25, -0.2) is 4.79 Å². The Hall–Kier alpha value is -3.34. The van der Waals surface area contributed by atoms with Crippen LogP contribution in [0.1, 0.15) is 21.7 Å². The summed E-state index contributed by atoms with van der Waals surface area (Å²) in [6.07, 6.45) is 0. The van der Waals surface area contributed by atoms with Crippen molar-refractivity contribution in [2.75, 3.05) is 0 Å². The number of carbonyl (C=O) groups excluding carboxylic acids is 1. The summed E-state index contributed by atoms with van der Waals surface area (Å²) in [6, 6.07) is 16.1. The van der Waals surface area contributed by atoms with Crippen molar-refractivity contribution in [3.8, 4) is 0 Å². The fourth-order valence-corrected chi connectivity index (χ4v) is 2.84. The maximum atomic E-state index is 12.4. The molecule has 0 unspecified atom stereocenters. The molecule has 0 bridgehead atoms. The normalized spacial score (nSPS) is 11.1. The molecule has 2 heterocycles. The van der Waals surface area contributed by atoms with Gasteiger partial charge in [-0.2, -0.15) is 0 Å². The number of amides is 1. The second kappa shape index (κ2) is 5.94. The van der Waals surface area contributed by atoms with Crippen molar-refractivity contribution >= 4 is 27.8 Å². The molecule has 0 saturated heterocycles. The highest BCUT2D eigenvalue weighted by atomic mass is 16.4. The first-order valence-corrected chi connectivity index (χ1v) is 7.90. The lowest BCUT2D eigenvalue weighted by atomic mass is 10.1. The maximum Gasteiger partial charge on any atom is 0.336 e. The van der Waals surface area contributed by atoms with Crippen molar-refractivity contribution in [1.29, 1.82) is 0 Å². The van der Waals surface area contributed by atoms with E-state index >= 15 is 0 Å². The topological polar surface area (TPSA) is 72.5 Å². The monoisotopic (exact) mass is 333 g/mol. The summed E-state index contributed by atoms with van der Waals surface area (Å²) >= 11 is 0. The number of hydrogen-bond donors (Lipinski definition) is 1. The number of aryl methyl sites for hydroxylation is 1. The van der Waals surface area contributed by atoms with Gasteiger partial charge in [0, 0.05) is 23.4 Å². The third kappa shape index (κ3) is 2.92. The van der Waals surface area contributed by atoms with E-state index < -0.39 is 5.63 Å². The second-order valence-corrected chi connectivity index (χ2v) is 5.92. The van der Waals surface area contributed by atoms with Crippen LogP contribution in [0.2, 0.25) is 0 Å². The van der Waals surface area contributed by atoms with E-state index in [9.17, 15) is 9.59 Å². The van der Waals surface area contributed by atoms with Gasteiger partial charge in [0.15, 0.2) is 5.76 Å². The van der Waals surface area contributed by atoms with Crippen LogP contribution in [0.15, 0.2) is 68.2 Å². The average Bonchev–Trinajstić information content (AvgIpc) is 3.04. The minimum absolute atomic E-state index is 0.210. The van der Waals surface area contributed by atoms with Crippen LogP contribution in [-0.4, -0.2) is 5.91 Å². The van der Waals surface area contributed by atoms with Crippen molar-refractivity contribution in [3.63, 3.8) is 0 Å². The number of hydrogen-bond acceptors (Lipinski definition) is 4. The molecule has 0 radical (unpaired) electrons. The van der Waals surface area contributed by atoms with Crippen molar-refractivity contribution in [1.82, 2.24) is 5.32 Å². The van der Waals surface area contributed by atoms with Gasteiger partial charge in [-0.3, -0.25) is 4.79 Å². The van der Waals surface area contributed by atoms with Crippen molar-refractivity contribution < 1.29 is 13.6 Å². The molecule has 4 rings (SSSR count). The molecule has 2 aromatic carbocycles. The van der Waals surface area contributed by atoms with Crippen molar-refractivity contribution in [2.24, 2.45) is 0 Å². The summed E-state index contributed by atoms with van der Waals surface area (Å²) in [7, 11) is 0. The van der Waals surface area contributed by atoms with Crippen LogP contribution in [0.5, 0.6) is 0 Å². The third-order valence-electron chi connectivity index (χ3n) is 4.07. The minimum Gasteiger partial charge on any atom is -0.451 e. The molecular weight excluding hydrogens is 318 g/mol. The predicted molar refractivity (Wildman–Crippen MR) is 94.6 cm³/mol. The third-order valence-corrected chi connectivity index (χ3v) is 4.07. The molecule has 2 aromatic heterocycles. The highest BCUT2D eigenvalue weighted by molar-refractivity contribution is 5.96. The molecule has 25 heavy (non-hydrogen) atoms. The standard InChI is InChI=1S/C20H15NO4/c1-12-6-7-17-15(8-12)14(10-19(22)25-17)11-21-20(23)18-9-13-4-2-3-5-16(13)24-18/h2-10H,11H2,1H3,(H,21,23). The Labute approximate surface area is 142 Å². The van der Waals surface area contributed by atoms with Crippen LogP contribution in [0.4, 0.5) is 0 Å². The number of furan rings is 1. The second-order valence-electron chi connectivity index (χ2n) is 5.92. The number of carbonyl (C=O) groups is 1. The van der Waals surface area contributed by atoms with Crippen LogP contribution in [0, 0.1) is 6.92 Å². The van der Waals surface area contributed by atoms with Gasteiger partial charge in [0.2, 0.25) is 0 Å². The lowest BCUT2D eigenvalue weighted by Crippen LogP contribution is -2.23. The SMILES string of the molecule is Cc1ccc2oc(=O)cc(CNC(=O)c3cc4ccccc4o3)c2c1. The zero-order chi connectivity index (χ0) is 17.4. The Bertz CT molecular complexity index is 1120. The van der Waals surface area contributed by atoms with Crippen LogP contribution in [0.25, 0.3) is 21.9 Å². The van der Waals surface area contributed by atoms with E-state index in [0.717, 1.165) is 16.3 Å². The number of para-hydroxylation sites is 1. The summed E-state index contributed by atoms with van der Waals surface area (Å²) in [5.41, 5.74) is 2.48. The summed E-state index contributed by atoms with van der Waals surface area (Å²) in [5, 5.41) is 4.48. The molecule has 0 saturated carbocycles. The Kier molecular flexibility index (Phi) is 3.61. The fraction of sp³-hybridized carbons (Fsp3) is 0.100. The zero-order valence-corrected chi connectivity index (χ0v) is 13.5. The van der Waals surface area contributed by atoms with Crippen LogP contribution in [0.3, 0.4) is 0 Å². The van der Waals surface area contributed by atoms with E-state index in [1.54, 1.807) is 12.1 Å². The summed E-state index contributed by atoms with van der Waals surface area (Å²) in [5.74, 6) is -0.0881. The Morgan fingerprint density at radius 3 is 2.68 bits per heavy atom. The molecular formula is C20H15NO4. The van der Waals surface area contributed by atoms with Gasteiger partial charge in [0.1, 0.15) is 11.2 Å². The lowest BCUT2D eigenvalue weighted by Gasteiger charge is -2.07. The van der Waals surface area contributed by atoms with Gasteiger partial charge >= 0.3 is 5.63 Å².